The molecule has 0 spiro atoms. The van der Waals surface area contributed by atoms with Crippen LogP contribution in [0.5, 0.6) is 0 Å². The Balaban J connectivity index is 1.75. The molecule has 3 rings (SSSR count). The van der Waals surface area contributed by atoms with Crippen molar-refractivity contribution in [3.05, 3.63) is 48.0 Å². The second-order valence-electron chi connectivity index (χ2n) is 5.51. The van der Waals surface area contributed by atoms with Gasteiger partial charge in [0.05, 0.1) is 0 Å². The lowest BCUT2D eigenvalue weighted by atomic mass is 10.0. The van der Waals surface area contributed by atoms with Crippen molar-refractivity contribution in [2.45, 2.75) is 19.4 Å². The Bertz CT molecular complexity index is 546. The van der Waals surface area contributed by atoms with Crippen LogP contribution in [0.2, 0.25) is 0 Å². The summed E-state index contributed by atoms with van der Waals surface area (Å²) < 4.78 is 0. The molecule has 1 unspecified atom stereocenters. The average molecular weight is 318 g/mol. The first-order chi connectivity index (χ1) is 9.36. The van der Waals surface area contributed by atoms with E-state index in [0.29, 0.717) is 0 Å². The molecule has 0 bridgehead atoms. The second-order valence-corrected chi connectivity index (χ2v) is 6.30. The minimum Gasteiger partial charge on any atom is -0.299 e. The van der Waals surface area contributed by atoms with Crippen molar-refractivity contribution in [2.75, 3.05) is 18.4 Å². The summed E-state index contributed by atoms with van der Waals surface area (Å²) in [5, 5.41) is 3.91. The molecule has 1 fully saturated rings. The topological polar surface area (TPSA) is 3.24 Å². The third-order valence-electron chi connectivity index (χ3n) is 4.16. The van der Waals surface area contributed by atoms with Crippen molar-refractivity contribution >= 4 is 26.7 Å². The van der Waals surface area contributed by atoms with Crippen LogP contribution in [0.25, 0.3) is 10.8 Å². The Hall–Kier alpha value is -0.860. The number of hydrogen-bond donors (Lipinski definition) is 0. The Labute approximate surface area is 123 Å². The van der Waals surface area contributed by atoms with Crippen LogP contribution in [0.1, 0.15) is 18.4 Å². The number of likely N-dealkylation sites (tertiary alicyclic amines) is 1. The molecule has 1 heterocycles. The molecule has 1 nitrogen and oxygen atoms in total. The molecule has 0 N–H and O–H groups in total. The molecule has 1 aliphatic rings. The van der Waals surface area contributed by atoms with E-state index in [-0.39, 0.29) is 0 Å². The van der Waals surface area contributed by atoms with Crippen molar-refractivity contribution in [3.63, 3.8) is 0 Å². The molecule has 2 aromatic rings. The highest BCUT2D eigenvalue weighted by molar-refractivity contribution is 9.09. The summed E-state index contributed by atoms with van der Waals surface area (Å²) in [4.78, 5) is 2.61. The molecule has 1 aliphatic heterocycles. The van der Waals surface area contributed by atoms with Crippen molar-refractivity contribution in [3.8, 4) is 0 Å². The molecule has 0 aliphatic carbocycles. The van der Waals surface area contributed by atoms with E-state index in [9.17, 15) is 0 Å². The Morgan fingerprint density at radius 2 is 1.95 bits per heavy atom. The zero-order valence-electron chi connectivity index (χ0n) is 11.2. The fourth-order valence-electron chi connectivity index (χ4n) is 3.12. The van der Waals surface area contributed by atoms with Gasteiger partial charge in [-0.1, -0.05) is 58.4 Å². The van der Waals surface area contributed by atoms with Gasteiger partial charge in [-0.3, -0.25) is 4.90 Å². The number of alkyl halides is 1. The summed E-state index contributed by atoms with van der Waals surface area (Å²) >= 11 is 3.56. The predicted octanol–water partition coefficient (Wildman–Crippen LogP) is 4.45. The molecule has 0 radical (unpaired) electrons. The van der Waals surface area contributed by atoms with Gasteiger partial charge in [0.15, 0.2) is 0 Å². The van der Waals surface area contributed by atoms with Crippen LogP contribution >= 0.6 is 15.9 Å². The van der Waals surface area contributed by atoms with E-state index in [2.05, 4.69) is 63.3 Å². The Kier molecular flexibility index (Phi) is 4.19. The monoisotopic (exact) mass is 317 g/mol. The standard InChI is InChI=1S/C17H20BrN/c18-10-8-14-9-11-19(12-14)13-16-6-3-5-15-4-1-2-7-17(15)16/h1-7,14H,8-13H2. The van der Waals surface area contributed by atoms with E-state index in [0.717, 1.165) is 17.8 Å². The van der Waals surface area contributed by atoms with Gasteiger partial charge in [-0.25, -0.2) is 0 Å². The maximum absolute atomic E-state index is 3.56. The van der Waals surface area contributed by atoms with Gasteiger partial charge in [-0.2, -0.15) is 0 Å². The third kappa shape index (κ3) is 3.01. The predicted molar refractivity (Wildman–Crippen MR) is 85.7 cm³/mol. The van der Waals surface area contributed by atoms with E-state index in [1.54, 1.807) is 0 Å². The minimum absolute atomic E-state index is 0.884. The molecule has 1 atom stereocenters. The molecule has 1 saturated heterocycles. The average Bonchev–Trinajstić information content (AvgIpc) is 2.87. The minimum atomic E-state index is 0.884. The zero-order chi connectivity index (χ0) is 13.1. The lowest BCUT2D eigenvalue weighted by molar-refractivity contribution is 0.317. The van der Waals surface area contributed by atoms with E-state index < -0.39 is 0 Å². The SMILES string of the molecule is BrCCC1CCN(Cc2cccc3ccccc23)C1. The highest BCUT2D eigenvalue weighted by Gasteiger charge is 2.21. The maximum atomic E-state index is 3.56. The maximum Gasteiger partial charge on any atom is 0.0240 e. The number of benzene rings is 2. The second kappa shape index (κ2) is 6.06. The Morgan fingerprint density at radius 3 is 2.84 bits per heavy atom. The van der Waals surface area contributed by atoms with E-state index in [1.807, 2.05) is 0 Å². The molecular formula is C17H20BrN. The van der Waals surface area contributed by atoms with Crippen LogP contribution in [-0.2, 0) is 6.54 Å². The first-order valence-corrected chi connectivity index (χ1v) is 8.24. The summed E-state index contributed by atoms with van der Waals surface area (Å²) in [6.07, 6.45) is 2.67. The van der Waals surface area contributed by atoms with Crippen LogP contribution in [0.3, 0.4) is 0 Å². The fraction of sp³-hybridized carbons (Fsp3) is 0.412. The molecule has 0 amide bonds. The number of nitrogens with zero attached hydrogens (tertiary/aromatic N) is 1. The van der Waals surface area contributed by atoms with Crippen LogP contribution < -0.4 is 0 Å². The molecule has 2 aromatic carbocycles. The first kappa shape index (κ1) is 13.1. The van der Waals surface area contributed by atoms with Gasteiger partial charge < -0.3 is 0 Å². The van der Waals surface area contributed by atoms with Crippen molar-refractivity contribution in [1.29, 1.82) is 0 Å². The highest BCUT2D eigenvalue weighted by atomic mass is 79.9. The van der Waals surface area contributed by atoms with Crippen LogP contribution in [-0.4, -0.2) is 23.3 Å². The van der Waals surface area contributed by atoms with Gasteiger partial charge in [-0.15, -0.1) is 0 Å². The summed E-state index contributed by atoms with van der Waals surface area (Å²) in [5.74, 6) is 0.884. The first-order valence-electron chi connectivity index (χ1n) is 7.12. The van der Waals surface area contributed by atoms with E-state index in [1.165, 1.54) is 42.3 Å². The number of fused-ring (bicyclic) bond motifs is 1. The van der Waals surface area contributed by atoms with Gasteiger partial charge in [-0.05, 0) is 41.6 Å². The zero-order valence-corrected chi connectivity index (χ0v) is 12.8. The highest BCUT2D eigenvalue weighted by Crippen LogP contribution is 2.25. The molecule has 100 valence electrons. The van der Waals surface area contributed by atoms with E-state index >= 15 is 0 Å². The number of halogens is 1. The van der Waals surface area contributed by atoms with Gasteiger partial charge >= 0.3 is 0 Å². The summed E-state index contributed by atoms with van der Waals surface area (Å²) in [5.41, 5.74) is 1.47. The molecule has 0 aromatic heterocycles. The molecule has 2 heteroatoms. The Morgan fingerprint density at radius 1 is 1.11 bits per heavy atom. The molecular weight excluding hydrogens is 298 g/mol. The lowest BCUT2D eigenvalue weighted by Gasteiger charge is -2.17. The van der Waals surface area contributed by atoms with Crippen molar-refractivity contribution in [1.82, 2.24) is 4.90 Å². The van der Waals surface area contributed by atoms with Gasteiger partial charge in [0, 0.05) is 18.4 Å². The van der Waals surface area contributed by atoms with E-state index in [4.69, 9.17) is 0 Å². The normalized spacial score (nSPS) is 20.2. The summed E-state index contributed by atoms with van der Waals surface area (Å²) in [7, 11) is 0. The van der Waals surface area contributed by atoms with Gasteiger partial charge in [0.2, 0.25) is 0 Å². The third-order valence-corrected chi connectivity index (χ3v) is 4.62. The lowest BCUT2D eigenvalue weighted by Crippen LogP contribution is -2.20. The largest absolute Gasteiger partial charge is 0.299 e. The molecule has 0 saturated carbocycles. The molecule has 19 heavy (non-hydrogen) atoms. The summed E-state index contributed by atoms with van der Waals surface area (Å²) in [6, 6.07) is 15.4. The number of rotatable bonds is 4. The van der Waals surface area contributed by atoms with Crippen LogP contribution in [0, 0.1) is 5.92 Å². The van der Waals surface area contributed by atoms with Crippen LogP contribution in [0.15, 0.2) is 42.5 Å². The van der Waals surface area contributed by atoms with Gasteiger partial charge in [0.25, 0.3) is 0 Å². The van der Waals surface area contributed by atoms with Gasteiger partial charge in [0.1, 0.15) is 0 Å². The van der Waals surface area contributed by atoms with Crippen molar-refractivity contribution < 1.29 is 0 Å². The van der Waals surface area contributed by atoms with Crippen LogP contribution in [0.4, 0.5) is 0 Å². The van der Waals surface area contributed by atoms with Crippen molar-refractivity contribution in [2.24, 2.45) is 5.92 Å². The fourth-order valence-corrected chi connectivity index (χ4v) is 3.77. The number of hydrogen-bond acceptors (Lipinski definition) is 1. The summed E-state index contributed by atoms with van der Waals surface area (Å²) in [6.45, 7) is 3.61. The smallest absolute Gasteiger partial charge is 0.0240 e. The quantitative estimate of drug-likeness (QED) is 0.753.